The molecule has 0 amide bonds. The van der Waals surface area contributed by atoms with Crippen molar-refractivity contribution in [3.8, 4) is 0 Å². The molecule has 0 unspecified atom stereocenters. The Hall–Kier alpha value is -1.90. The van der Waals surface area contributed by atoms with Gasteiger partial charge in [-0.2, -0.15) is 0 Å². The Kier molecular flexibility index (Phi) is 1.70. The first-order valence-corrected chi connectivity index (χ1v) is 3.90. The number of nitrogens with zero attached hydrogens (tertiary/aromatic N) is 1. The van der Waals surface area contributed by atoms with E-state index in [9.17, 15) is 4.79 Å². The molecule has 2 N–H and O–H groups in total. The number of nitrogens with two attached hydrogens (primary N) is 1. The second kappa shape index (κ2) is 2.86. The van der Waals surface area contributed by atoms with E-state index in [0.29, 0.717) is 11.3 Å². The van der Waals surface area contributed by atoms with Gasteiger partial charge in [-0.25, -0.2) is 0 Å². The topological polar surface area (TPSA) is 56.0 Å². The maximum Gasteiger partial charge on any atom is 0.150 e. The van der Waals surface area contributed by atoms with Crippen LogP contribution < -0.4 is 5.73 Å². The minimum atomic E-state index is 0.542. The fourth-order valence-corrected chi connectivity index (χ4v) is 1.31. The Labute approximate surface area is 75.2 Å². The van der Waals surface area contributed by atoms with Crippen molar-refractivity contribution in [1.29, 1.82) is 0 Å². The molecule has 0 atom stereocenters. The minimum Gasteiger partial charge on any atom is -0.397 e. The number of anilines is 1. The monoisotopic (exact) mass is 172 g/mol. The lowest BCUT2D eigenvalue weighted by Gasteiger charge is -2.00. The van der Waals surface area contributed by atoms with Crippen LogP contribution in [-0.4, -0.2) is 11.3 Å². The van der Waals surface area contributed by atoms with Crippen LogP contribution >= 0.6 is 0 Å². The third-order valence-corrected chi connectivity index (χ3v) is 1.89. The molecule has 0 aliphatic rings. The molecule has 0 radical (unpaired) electrons. The quantitative estimate of drug-likeness (QED) is 0.525. The van der Waals surface area contributed by atoms with E-state index in [-0.39, 0.29) is 0 Å². The Bertz CT molecular complexity index is 465. The standard InChI is InChI=1S/C10H8N2O/c11-9-5-7(6-13)4-8-2-1-3-12-10(8)9/h1-6H,11H2. The smallest absolute Gasteiger partial charge is 0.150 e. The van der Waals surface area contributed by atoms with Crippen LogP contribution in [0.25, 0.3) is 10.9 Å². The molecule has 0 aliphatic heterocycles. The van der Waals surface area contributed by atoms with Gasteiger partial charge in [-0.05, 0) is 18.2 Å². The fraction of sp³-hybridized carbons (Fsp3) is 0. The lowest BCUT2D eigenvalue weighted by Crippen LogP contribution is -1.91. The number of carbonyl (C=O) groups is 1. The number of carbonyl (C=O) groups excluding carboxylic acids is 1. The first-order valence-electron chi connectivity index (χ1n) is 3.90. The van der Waals surface area contributed by atoms with Crippen LogP contribution in [-0.2, 0) is 0 Å². The number of benzene rings is 1. The van der Waals surface area contributed by atoms with Crippen molar-refractivity contribution in [2.24, 2.45) is 0 Å². The van der Waals surface area contributed by atoms with Crippen molar-refractivity contribution in [1.82, 2.24) is 4.98 Å². The predicted molar refractivity (Wildman–Crippen MR) is 51.5 cm³/mol. The van der Waals surface area contributed by atoms with Gasteiger partial charge in [0.1, 0.15) is 6.29 Å². The summed E-state index contributed by atoms with van der Waals surface area (Å²) >= 11 is 0. The van der Waals surface area contributed by atoms with Crippen LogP contribution in [0.15, 0.2) is 30.5 Å². The number of rotatable bonds is 1. The van der Waals surface area contributed by atoms with Gasteiger partial charge >= 0.3 is 0 Å². The van der Waals surface area contributed by atoms with E-state index in [0.717, 1.165) is 17.2 Å². The second-order valence-corrected chi connectivity index (χ2v) is 2.80. The lowest BCUT2D eigenvalue weighted by atomic mass is 10.1. The molecule has 2 aromatic rings. The summed E-state index contributed by atoms with van der Waals surface area (Å²) in [6.45, 7) is 0. The molecule has 0 bridgehead atoms. The normalized spacial score (nSPS) is 10.2. The number of pyridine rings is 1. The number of hydrogen-bond acceptors (Lipinski definition) is 3. The molecule has 1 aromatic carbocycles. The summed E-state index contributed by atoms with van der Waals surface area (Å²) in [6, 6.07) is 7.09. The van der Waals surface area contributed by atoms with E-state index in [1.165, 1.54) is 0 Å². The summed E-state index contributed by atoms with van der Waals surface area (Å²) in [6.07, 6.45) is 2.46. The largest absolute Gasteiger partial charge is 0.397 e. The van der Waals surface area contributed by atoms with E-state index >= 15 is 0 Å². The molecule has 3 nitrogen and oxygen atoms in total. The number of nitrogen functional groups attached to an aromatic ring is 1. The lowest BCUT2D eigenvalue weighted by molar-refractivity contribution is 0.112. The summed E-state index contributed by atoms with van der Waals surface area (Å²) in [7, 11) is 0. The van der Waals surface area contributed by atoms with Crippen molar-refractivity contribution >= 4 is 22.9 Å². The molecule has 0 saturated heterocycles. The molecule has 2 rings (SSSR count). The van der Waals surface area contributed by atoms with Gasteiger partial charge in [0.15, 0.2) is 0 Å². The zero-order valence-corrected chi connectivity index (χ0v) is 6.90. The summed E-state index contributed by atoms with van der Waals surface area (Å²) < 4.78 is 0. The molecule has 1 heterocycles. The number of fused-ring (bicyclic) bond motifs is 1. The van der Waals surface area contributed by atoms with Crippen LogP contribution in [0.2, 0.25) is 0 Å². The van der Waals surface area contributed by atoms with E-state index in [1.54, 1.807) is 18.3 Å². The van der Waals surface area contributed by atoms with Crippen molar-refractivity contribution in [3.05, 3.63) is 36.0 Å². The van der Waals surface area contributed by atoms with E-state index < -0.39 is 0 Å². The van der Waals surface area contributed by atoms with Crippen LogP contribution in [0, 0.1) is 0 Å². The highest BCUT2D eigenvalue weighted by Gasteiger charge is 2.00. The van der Waals surface area contributed by atoms with E-state index in [1.807, 2.05) is 12.1 Å². The Morgan fingerprint density at radius 2 is 2.23 bits per heavy atom. The number of hydrogen-bond donors (Lipinski definition) is 1. The highest BCUT2D eigenvalue weighted by atomic mass is 16.1. The molecule has 0 saturated carbocycles. The average molecular weight is 172 g/mol. The average Bonchev–Trinajstić information content (AvgIpc) is 2.18. The number of aromatic nitrogens is 1. The molecule has 13 heavy (non-hydrogen) atoms. The highest BCUT2D eigenvalue weighted by Crippen LogP contribution is 2.19. The van der Waals surface area contributed by atoms with Gasteiger partial charge in [-0.1, -0.05) is 6.07 Å². The van der Waals surface area contributed by atoms with Crippen LogP contribution in [0.3, 0.4) is 0 Å². The van der Waals surface area contributed by atoms with E-state index in [2.05, 4.69) is 4.98 Å². The van der Waals surface area contributed by atoms with Gasteiger partial charge in [0, 0.05) is 17.1 Å². The molecule has 1 aromatic heterocycles. The molecule has 3 heteroatoms. The maximum atomic E-state index is 10.5. The van der Waals surface area contributed by atoms with Gasteiger partial charge in [-0.3, -0.25) is 9.78 Å². The third kappa shape index (κ3) is 1.24. The van der Waals surface area contributed by atoms with Crippen LogP contribution in [0.4, 0.5) is 5.69 Å². The predicted octanol–water partition coefficient (Wildman–Crippen LogP) is 1.63. The Morgan fingerprint density at radius 3 is 3.00 bits per heavy atom. The van der Waals surface area contributed by atoms with Gasteiger partial charge in [-0.15, -0.1) is 0 Å². The van der Waals surface area contributed by atoms with E-state index in [4.69, 9.17) is 5.73 Å². The first kappa shape index (κ1) is 7.73. The summed E-state index contributed by atoms with van der Waals surface area (Å²) in [5, 5.41) is 0.893. The minimum absolute atomic E-state index is 0.542. The summed E-state index contributed by atoms with van der Waals surface area (Å²) in [5.41, 5.74) is 7.58. The van der Waals surface area contributed by atoms with Crippen LogP contribution in [0.1, 0.15) is 10.4 Å². The fourth-order valence-electron chi connectivity index (χ4n) is 1.31. The molecule has 0 fully saturated rings. The van der Waals surface area contributed by atoms with Crippen molar-refractivity contribution in [3.63, 3.8) is 0 Å². The molecule has 64 valence electrons. The Morgan fingerprint density at radius 1 is 1.38 bits per heavy atom. The van der Waals surface area contributed by atoms with Crippen molar-refractivity contribution < 1.29 is 4.79 Å². The van der Waals surface area contributed by atoms with Gasteiger partial charge < -0.3 is 5.73 Å². The van der Waals surface area contributed by atoms with Gasteiger partial charge in [0.25, 0.3) is 0 Å². The second-order valence-electron chi connectivity index (χ2n) is 2.80. The molecule has 0 aliphatic carbocycles. The summed E-state index contributed by atoms with van der Waals surface area (Å²) in [5.74, 6) is 0. The highest BCUT2D eigenvalue weighted by molar-refractivity contribution is 5.94. The SMILES string of the molecule is Nc1cc(C=O)cc2cccnc12. The van der Waals surface area contributed by atoms with Crippen LogP contribution in [0.5, 0.6) is 0 Å². The molecule has 0 spiro atoms. The first-order chi connectivity index (χ1) is 6.31. The number of aldehydes is 1. The van der Waals surface area contributed by atoms with Crippen molar-refractivity contribution in [2.45, 2.75) is 0 Å². The zero-order chi connectivity index (χ0) is 9.26. The Balaban J connectivity index is 2.84. The maximum absolute atomic E-state index is 10.5. The molecular weight excluding hydrogens is 164 g/mol. The summed E-state index contributed by atoms with van der Waals surface area (Å²) in [4.78, 5) is 14.6. The molecular formula is C10H8N2O. The van der Waals surface area contributed by atoms with Crippen molar-refractivity contribution in [2.75, 3.05) is 5.73 Å². The zero-order valence-electron chi connectivity index (χ0n) is 6.90. The third-order valence-electron chi connectivity index (χ3n) is 1.89. The van der Waals surface area contributed by atoms with Gasteiger partial charge in [0.05, 0.1) is 11.2 Å². The van der Waals surface area contributed by atoms with Gasteiger partial charge in [0.2, 0.25) is 0 Å².